The number of hydrogen-bond acceptors (Lipinski definition) is 6. The number of pyridine rings is 2. The van der Waals surface area contributed by atoms with Crippen LogP contribution in [0.3, 0.4) is 0 Å². The minimum Gasteiger partial charge on any atom is -0.425 e. The molecule has 0 amide bonds. The lowest BCUT2D eigenvalue weighted by molar-refractivity contribution is -0.135. The molecule has 0 N–H and O–H groups in total. The Morgan fingerprint density at radius 3 is 1.10 bits per heavy atom. The highest BCUT2D eigenvalue weighted by Gasteiger charge is 2.32. The van der Waals surface area contributed by atoms with Gasteiger partial charge < -0.3 is 9.47 Å². The molecular weight excluding hydrogens is 777 g/mol. The van der Waals surface area contributed by atoms with Crippen LogP contribution in [0.1, 0.15) is 238 Å². The Morgan fingerprint density at radius 1 is 0.429 bits per heavy atom. The maximum absolute atomic E-state index is 11.9. The number of esters is 2. The van der Waals surface area contributed by atoms with E-state index in [1.165, 1.54) is 148 Å². The van der Waals surface area contributed by atoms with Crippen molar-refractivity contribution in [1.29, 1.82) is 0 Å². The Morgan fingerprint density at radius 2 is 0.778 bits per heavy atom. The van der Waals surface area contributed by atoms with Crippen molar-refractivity contribution in [1.82, 2.24) is 9.97 Å². The average Bonchev–Trinajstić information content (AvgIpc) is 3.32. The van der Waals surface area contributed by atoms with E-state index in [9.17, 15) is 9.59 Å². The molecule has 4 aliphatic rings. The van der Waals surface area contributed by atoms with Crippen molar-refractivity contribution in [3.8, 4) is 11.5 Å². The third-order valence-corrected chi connectivity index (χ3v) is 16.2. The van der Waals surface area contributed by atoms with Gasteiger partial charge >= 0.3 is 11.9 Å². The second-order valence-electron chi connectivity index (χ2n) is 21.0. The number of carbonyl (C=O) groups is 2. The van der Waals surface area contributed by atoms with Crippen molar-refractivity contribution in [2.75, 3.05) is 0 Å². The zero-order valence-electron chi connectivity index (χ0n) is 40.9. The van der Waals surface area contributed by atoms with Crippen LogP contribution in [0, 0.1) is 47.3 Å². The molecule has 0 spiro atoms. The lowest BCUT2D eigenvalue weighted by Crippen LogP contribution is -2.26. The minimum absolute atomic E-state index is 0.140. The Balaban J connectivity index is 0.000000238. The molecule has 6 nitrogen and oxygen atoms in total. The van der Waals surface area contributed by atoms with Gasteiger partial charge in [0.1, 0.15) is 11.5 Å². The molecule has 0 aromatic carbocycles. The molecule has 2 aromatic heterocycles. The third-order valence-electron chi connectivity index (χ3n) is 16.2. The van der Waals surface area contributed by atoms with Gasteiger partial charge in [0.2, 0.25) is 0 Å². The fourth-order valence-corrected chi connectivity index (χ4v) is 12.0. The maximum atomic E-state index is 11.9. The lowest BCUT2D eigenvalue weighted by Gasteiger charge is -2.38. The van der Waals surface area contributed by atoms with Crippen molar-refractivity contribution in [3.05, 3.63) is 48.0 Å². The maximum Gasteiger partial charge on any atom is 0.311 e. The summed E-state index contributed by atoms with van der Waals surface area (Å²) in [6.07, 6.45) is 45.8. The van der Waals surface area contributed by atoms with Gasteiger partial charge in [-0.25, -0.2) is 0 Å². The summed E-state index contributed by atoms with van der Waals surface area (Å²) in [5, 5.41) is 0. The van der Waals surface area contributed by atoms with Gasteiger partial charge in [0.25, 0.3) is 0 Å². The van der Waals surface area contributed by atoms with E-state index in [-0.39, 0.29) is 11.9 Å². The number of hydrogen-bond donors (Lipinski definition) is 0. The largest absolute Gasteiger partial charge is 0.425 e. The Hall–Kier alpha value is -2.76. The van der Waals surface area contributed by atoms with E-state index in [0.717, 1.165) is 110 Å². The molecule has 6 rings (SSSR count). The Bertz CT molecular complexity index is 1490. The molecule has 4 saturated carbocycles. The summed E-state index contributed by atoms with van der Waals surface area (Å²) in [5.41, 5.74) is 2.26. The summed E-state index contributed by atoms with van der Waals surface area (Å²) in [6, 6.07) is 7.89. The van der Waals surface area contributed by atoms with Crippen LogP contribution >= 0.6 is 0 Å². The van der Waals surface area contributed by atoms with Gasteiger partial charge in [-0.05, 0) is 162 Å². The normalized spacial score (nSPS) is 26.3. The summed E-state index contributed by atoms with van der Waals surface area (Å²) in [5.74, 6) is 8.73. The van der Waals surface area contributed by atoms with E-state index < -0.39 is 0 Å². The molecule has 0 aliphatic heterocycles. The summed E-state index contributed by atoms with van der Waals surface area (Å²) in [7, 11) is 0. The molecule has 0 unspecified atom stereocenters. The Labute approximate surface area is 386 Å². The van der Waals surface area contributed by atoms with Gasteiger partial charge in [0.05, 0.1) is 12.4 Å². The summed E-state index contributed by atoms with van der Waals surface area (Å²) in [4.78, 5) is 32.8. The van der Waals surface area contributed by atoms with Crippen LogP contribution in [0.2, 0.25) is 0 Å². The van der Waals surface area contributed by atoms with Crippen LogP contribution in [-0.2, 0) is 22.4 Å². The van der Waals surface area contributed by atoms with Crippen molar-refractivity contribution in [3.63, 3.8) is 0 Å². The van der Waals surface area contributed by atoms with Crippen LogP contribution in [0.4, 0.5) is 0 Å². The average molecular weight is 869 g/mol. The predicted octanol–water partition coefficient (Wildman–Crippen LogP) is 16.2. The molecule has 0 bridgehead atoms. The van der Waals surface area contributed by atoms with Crippen LogP contribution < -0.4 is 9.47 Å². The van der Waals surface area contributed by atoms with Gasteiger partial charge in [-0.2, -0.15) is 0 Å². The number of aryl methyl sites for hydroxylation is 2. The molecule has 2 aromatic rings. The molecule has 0 atom stereocenters. The monoisotopic (exact) mass is 869 g/mol. The summed E-state index contributed by atoms with van der Waals surface area (Å²) >= 11 is 0. The summed E-state index contributed by atoms with van der Waals surface area (Å²) < 4.78 is 10.8. The molecule has 0 saturated heterocycles. The number of ether oxygens (including phenoxy) is 2. The third kappa shape index (κ3) is 19.3. The molecule has 63 heavy (non-hydrogen) atoms. The van der Waals surface area contributed by atoms with Gasteiger partial charge in [-0.3, -0.25) is 19.6 Å². The second kappa shape index (κ2) is 29.7. The number of aromatic nitrogens is 2. The number of rotatable bonds is 23. The zero-order chi connectivity index (χ0) is 44.5. The van der Waals surface area contributed by atoms with Crippen LogP contribution in [0.5, 0.6) is 11.5 Å². The van der Waals surface area contributed by atoms with Crippen LogP contribution in [0.15, 0.2) is 36.7 Å². The first kappa shape index (κ1) is 51.2. The topological polar surface area (TPSA) is 78.4 Å². The smallest absolute Gasteiger partial charge is 0.311 e. The van der Waals surface area contributed by atoms with Gasteiger partial charge in [-0.1, -0.05) is 137 Å². The van der Waals surface area contributed by atoms with Gasteiger partial charge in [0.15, 0.2) is 0 Å². The van der Waals surface area contributed by atoms with Gasteiger partial charge in [-0.15, -0.1) is 0 Å². The highest BCUT2D eigenvalue weighted by Crippen LogP contribution is 2.44. The van der Waals surface area contributed by atoms with E-state index in [1.807, 2.05) is 24.3 Å². The first-order valence-electron chi connectivity index (χ1n) is 27.2. The number of unbranched alkanes of at least 4 members (excludes halogenated alkanes) is 5. The van der Waals surface area contributed by atoms with E-state index in [0.29, 0.717) is 24.3 Å². The predicted molar refractivity (Wildman–Crippen MR) is 261 cm³/mol. The van der Waals surface area contributed by atoms with Crippen molar-refractivity contribution in [2.45, 2.75) is 240 Å². The van der Waals surface area contributed by atoms with E-state index in [4.69, 9.17) is 9.47 Å². The Kier molecular flexibility index (Phi) is 24.2. The number of nitrogens with zero attached hydrogens (tertiary/aromatic N) is 2. The lowest BCUT2D eigenvalue weighted by atomic mass is 9.68. The first-order valence-corrected chi connectivity index (χ1v) is 27.2. The van der Waals surface area contributed by atoms with E-state index >= 15 is 0 Å². The molecule has 2 heterocycles. The fraction of sp³-hybridized carbons (Fsp3) is 0.789. The van der Waals surface area contributed by atoms with E-state index in [1.54, 1.807) is 12.4 Å². The molecule has 354 valence electrons. The standard InChI is InChI=1S/C29H47NO2.C28H45NO2/c1-3-5-7-9-29(31)32-28-21-20-27(30-22-28)19-14-24-12-17-26(18-13-24)25-15-10-23(11-16-25)8-6-4-2;1-3-5-6-8-28(30)31-27-20-19-26(29-21-27)18-13-23-11-16-25(17-12-23)24-14-9-22(7-4-2)10-15-24/h20-26H,3-19H2,1-2H3;19-25H,3-18H2,1-2H3. The van der Waals surface area contributed by atoms with Crippen molar-refractivity contribution >= 4 is 11.9 Å². The highest BCUT2D eigenvalue weighted by molar-refractivity contribution is 5.72. The zero-order valence-corrected chi connectivity index (χ0v) is 40.9. The molecule has 4 aliphatic carbocycles. The minimum atomic E-state index is -0.140. The molecule has 0 radical (unpaired) electrons. The van der Waals surface area contributed by atoms with Crippen molar-refractivity contribution < 1.29 is 19.1 Å². The van der Waals surface area contributed by atoms with Crippen molar-refractivity contribution in [2.24, 2.45) is 47.3 Å². The molecule has 6 heteroatoms. The van der Waals surface area contributed by atoms with Crippen LogP contribution in [-0.4, -0.2) is 21.9 Å². The van der Waals surface area contributed by atoms with Gasteiger partial charge in [0, 0.05) is 24.2 Å². The first-order chi connectivity index (χ1) is 30.8. The van der Waals surface area contributed by atoms with Crippen LogP contribution in [0.25, 0.3) is 0 Å². The second-order valence-corrected chi connectivity index (χ2v) is 21.0. The number of carbonyl (C=O) groups excluding carboxylic acids is 2. The SMILES string of the molecule is CCCCCC(=O)Oc1ccc(CCC2CCC(C3CCC(CCC)CC3)CC2)nc1.CCCCCC(=O)Oc1ccc(CCC2CCC(C3CCC(CCCC)CC3)CC2)nc1. The molecule has 4 fully saturated rings. The molecular formula is C57H92N2O4. The quantitative estimate of drug-likeness (QED) is 0.0818. The fourth-order valence-electron chi connectivity index (χ4n) is 12.0. The highest BCUT2D eigenvalue weighted by atomic mass is 16.5. The van der Waals surface area contributed by atoms with E-state index in [2.05, 4.69) is 37.7 Å². The summed E-state index contributed by atoms with van der Waals surface area (Å²) in [6.45, 7) is 8.93.